The van der Waals surface area contributed by atoms with Crippen molar-refractivity contribution >= 4 is 6.09 Å². The molecule has 1 atom stereocenters. The van der Waals surface area contributed by atoms with Gasteiger partial charge in [-0.25, -0.2) is 4.79 Å². The third-order valence-corrected chi connectivity index (χ3v) is 2.09. The molecule has 0 spiro atoms. The van der Waals surface area contributed by atoms with E-state index in [2.05, 4.69) is 5.32 Å². The van der Waals surface area contributed by atoms with Crippen LogP contribution in [-0.4, -0.2) is 25.3 Å². The van der Waals surface area contributed by atoms with Crippen molar-refractivity contribution in [1.82, 2.24) is 5.32 Å². The Morgan fingerprint density at radius 1 is 1.47 bits per heavy atom. The van der Waals surface area contributed by atoms with Crippen LogP contribution < -0.4 is 5.32 Å². The van der Waals surface area contributed by atoms with Crippen molar-refractivity contribution in [3.05, 3.63) is 35.9 Å². The third-order valence-electron chi connectivity index (χ3n) is 2.09. The van der Waals surface area contributed by atoms with E-state index >= 15 is 0 Å². The van der Waals surface area contributed by atoms with E-state index in [9.17, 15) is 4.79 Å². The second kappa shape index (κ2) is 4.79. The first-order valence-corrected chi connectivity index (χ1v) is 4.91. The van der Waals surface area contributed by atoms with Crippen LogP contribution in [0, 0.1) is 0 Å². The van der Waals surface area contributed by atoms with Gasteiger partial charge in [0.15, 0.2) is 0 Å². The average Bonchev–Trinajstić information content (AvgIpc) is 3.09. The number of carbonyl (C=O) groups is 1. The van der Waals surface area contributed by atoms with E-state index in [4.69, 9.17) is 9.47 Å². The SMILES string of the molecule is O=C(NCC1CO1)OCc1ccccc1. The van der Waals surface area contributed by atoms with Crippen molar-refractivity contribution in [3.63, 3.8) is 0 Å². The van der Waals surface area contributed by atoms with Crippen molar-refractivity contribution < 1.29 is 14.3 Å². The van der Waals surface area contributed by atoms with Crippen LogP contribution in [0.5, 0.6) is 0 Å². The van der Waals surface area contributed by atoms with Gasteiger partial charge in [-0.2, -0.15) is 0 Å². The molecule has 1 unspecified atom stereocenters. The molecule has 1 aromatic rings. The summed E-state index contributed by atoms with van der Waals surface area (Å²) in [7, 11) is 0. The first-order valence-electron chi connectivity index (χ1n) is 4.91. The van der Waals surface area contributed by atoms with E-state index in [1.54, 1.807) is 0 Å². The maximum absolute atomic E-state index is 11.2. The van der Waals surface area contributed by atoms with Crippen molar-refractivity contribution in [2.45, 2.75) is 12.7 Å². The molecular weight excluding hydrogens is 194 g/mol. The van der Waals surface area contributed by atoms with Gasteiger partial charge in [0.1, 0.15) is 6.61 Å². The maximum atomic E-state index is 11.2. The highest BCUT2D eigenvalue weighted by Gasteiger charge is 2.22. The summed E-state index contributed by atoms with van der Waals surface area (Å²) in [5.41, 5.74) is 0.982. The molecule has 0 saturated carbocycles. The molecule has 1 saturated heterocycles. The number of carbonyl (C=O) groups excluding carboxylic acids is 1. The quantitative estimate of drug-likeness (QED) is 0.757. The van der Waals surface area contributed by atoms with Crippen molar-refractivity contribution in [1.29, 1.82) is 0 Å². The molecule has 1 amide bonds. The van der Waals surface area contributed by atoms with Crippen LogP contribution in [0.15, 0.2) is 30.3 Å². The number of nitrogens with one attached hydrogen (secondary N) is 1. The van der Waals surface area contributed by atoms with Crippen molar-refractivity contribution in [2.24, 2.45) is 0 Å². The van der Waals surface area contributed by atoms with Gasteiger partial charge in [0.25, 0.3) is 0 Å². The fourth-order valence-corrected chi connectivity index (χ4v) is 1.16. The molecule has 80 valence electrons. The molecule has 1 fully saturated rings. The molecule has 15 heavy (non-hydrogen) atoms. The average molecular weight is 207 g/mol. The topological polar surface area (TPSA) is 50.9 Å². The molecule has 0 aliphatic carbocycles. The van der Waals surface area contributed by atoms with E-state index in [1.165, 1.54) is 0 Å². The van der Waals surface area contributed by atoms with Gasteiger partial charge in [-0.05, 0) is 5.56 Å². The van der Waals surface area contributed by atoms with Gasteiger partial charge in [0.2, 0.25) is 0 Å². The zero-order chi connectivity index (χ0) is 10.5. The zero-order valence-corrected chi connectivity index (χ0v) is 8.31. The normalized spacial score (nSPS) is 18.3. The van der Waals surface area contributed by atoms with Crippen molar-refractivity contribution in [3.8, 4) is 0 Å². The molecule has 1 aliphatic heterocycles. The van der Waals surface area contributed by atoms with E-state index in [0.29, 0.717) is 13.2 Å². The Hall–Kier alpha value is -1.55. The molecule has 4 heteroatoms. The van der Waals surface area contributed by atoms with Gasteiger partial charge in [0.05, 0.1) is 12.7 Å². The second-order valence-corrected chi connectivity index (χ2v) is 3.40. The molecule has 4 nitrogen and oxygen atoms in total. The van der Waals surface area contributed by atoms with Crippen LogP contribution in [0.25, 0.3) is 0 Å². The van der Waals surface area contributed by atoms with Crippen LogP contribution in [0.2, 0.25) is 0 Å². The number of rotatable bonds is 4. The predicted octanol–water partition coefficient (Wildman–Crippen LogP) is 1.31. The number of alkyl carbamates (subject to hydrolysis) is 1. The van der Waals surface area contributed by atoms with Gasteiger partial charge < -0.3 is 14.8 Å². The smallest absolute Gasteiger partial charge is 0.407 e. The minimum Gasteiger partial charge on any atom is -0.445 e. The maximum Gasteiger partial charge on any atom is 0.407 e. The number of amides is 1. The molecule has 0 aromatic heterocycles. The van der Waals surface area contributed by atoms with E-state index in [1.807, 2.05) is 30.3 Å². The molecule has 1 heterocycles. The number of benzene rings is 1. The minimum absolute atomic E-state index is 0.189. The summed E-state index contributed by atoms with van der Waals surface area (Å²) in [6.07, 6.45) is -0.205. The van der Waals surface area contributed by atoms with Crippen LogP contribution in [-0.2, 0) is 16.1 Å². The van der Waals surface area contributed by atoms with Gasteiger partial charge >= 0.3 is 6.09 Å². The number of ether oxygens (including phenoxy) is 2. The highest BCUT2D eigenvalue weighted by molar-refractivity contribution is 5.67. The van der Waals surface area contributed by atoms with Crippen LogP contribution in [0.4, 0.5) is 4.79 Å². The lowest BCUT2D eigenvalue weighted by atomic mass is 10.2. The van der Waals surface area contributed by atoms with Gasteiger partial charge in [-0.15, -0.1) is 0 Å². The Morgan fingerprint density at radius 3 is 2.87 bits per heavy atom. The highest BCUT2D eigenvalue weighted by Crippen LogP contribution is 2.06. The summed E-state index contributed by atoms with van der Waals surface area (Å²) in [5, 5.41) is 2.63. The standard InChI is InChI=1S/C11H13NO3/c13-11(12-6-10-8-14-10)15-7-9-4-2-1-3-5-9/h1-5,10H,6-8H2,(H,12,13). The molecule has 2 rings (SSSR count). The zero-order valence-electron chi connectivity index (χ0n) is 8.31. The van der Waals surface area contributed by atoms with Gasteiger partial charge in [0, 0.05) is 6.54 Å². The van der Waals surface area contributed by atoms with E-state index < -0.39 is 6.09 Å². The van der Waals surface area contributed by atoms with Crippen LogP contribution >= 0.6 is 0 Å². The predicted molar refractivity (Wildman–Crippen MR) is 54.4 cm³/mol. The molecule has 1 aliphatic rings. The lowest BCUT2D eigenvalue weighted by Gasteiger charge is -2.05. The third kappa shape index (κ3) is 3.59. The summed E-state index contributed by atoms with van der Waals surface area (Å²) in [6.45, 7) is 1.57. The van der Waals surface area contributed by atoms with Gasteiger partial charge in [-0.3, -0.25) is 0 Å². The Bertz CT molecular complexity index is 322. The molecule has 0 bridgehead atoms. The van der Waals surface area contributed by atoms with Gasteiger partial charge in [-0.1, -0.05) is 30.3 Å². The fraction of sp³-hybridized carbons (Fsp3) is 0.364. The first kappa shape index (κ1) is 9.98. The number of hydrogen-bond acceptors (Lipinski definition) is 3. The molecule has 1 N–H and O–H groups in total. The molecular formula is C11H13NO3. The van der Waals surface area contributed by atoms with E-state index in [-0.39, 0.29) is 6.10 Å². The Morgan fingerprint density at radius 2 is 2.20 bits per heavy atom. The number of epoxide rings is 1. The summed E-state index contributed by atoms with van der Waals surface area (Å²) >= 11 is 0. The minimum atomic E-state index is -0.394. The molecule has 0 radical (unpaired) electrons. The van der Waals surface area contributed by atoms with E-state index in [0.717, 1.165) is 12.2 Å². The summed E-state index contributed by atoms with van der Waals surface area (Å²) in [6, 6.07) is 9.58. The summed E-state index contributed by atoms with van der Waals surface area (Å²) in [5.74, 6) is 0. The van der Waals surface area contributed by atoms with Crippen LogP contribution in [0.1, 0.15) is 5.56 Å². The Balaban J connectivity index is 1.66. The fourth-order valence-electron chi connectivity index (χ4n) is 1.16. The largest absolute Gasteiger partial charge is 0.445 e. The number of hydrogen-bond donors (Lipinski definition) is 1. The Labute approximate surface area is 88.2 Å². The molecule has 1 aromatic carbocycles. The second-order valence-electron chi connectivity index (χ2n) is 3.40. The summed E-state index contributed by atoms with van der Waals surface area (Å²) < 4.78 is 9.95. The Kier molecular flexibility index (Phi) is 3.19. The highest BCUT2D eigenvalue weighted by atomic mass is 16.6. The van der Waals surface area contributed by atoms with Crippen molar-refractivity contribution in [2.75, 3.05) is 13.2 Å². The monoisotopic (exact) mass is 207 g/mol. The van der Waals surface area contributed by atoms with Crippen LogP contribution in [0.3, 0.4) is 0 Å². The lowest BCUT2D eigenvalue weighted by molar-refractivity contribution is 0.139. The first-order chi connectivity index (χ1) is 7.34. The lowest BCUT2D eigenvalue weighted by Crippen LogP contribution is -2.27. The summed E-state index contributed by atoms with van der Waals surface area (Å²) in [4.78, 5) is 11.2.